The fourth-order valence-electron chi connectivity index (χ4n) is 2.89. The van der Waals surface area contributed by atoms with E-state index in [1.165, 1.54) is 12.0 Å². The van der Waals surface area contributed by atoms with Gasteiger partial charge in [0, 0.05) is 5.92 Å². The molecule has 0 aromatic rings. The lowest BCUT2D eigenvalue weighted by Crippen LogP contribution is -2.37. The van der Waals surface area contributed by atoms with Crippen molar-refractivity contribution in [2.45, 2.75) is 57.8 Å². The largest absolute Gasteiger partial charge is 0.244 e. The fourth-order valence-corrected chi connectivity index (χ4v) is 2.89. The molecule has 4 unspecified atom stereocenters. The molecule has 86 valence electrons. The minimum Gasteiger partial charge on any atom is -0.244 e. The quantitative estimate of drug-likeness (QED) is 0.574. The van der Waals surface area contributed by atoms with Gasteiger partial charge in [0.05, 0.1) is 0 Å². The number of rotatable bonds is 1. The van der Waals surface area contributed by atoms with Gasteiger partial charge in [-0.05, 0) is 44.4 Å². The van der Waals surface area contributed by atoms with Crippen molar-refractivity contribution in [3.05, 3.63) is 11.6 Å². The molecule has 0 N–H and O–H groups in total. The maximum absolute atomic E-state index is 13.9. The van der Waals surface area contributed by atoms with Crippen molar-refractivity contribution in [3.8, 4) is 0 Å². The Morgan fingerprint density at radius 3 is 2.60 bits per heavy atom. The molecule has 2 heteroatoms. The Hall–Kier alpha value is -0.400. The lowest BCUT2D eigenvalue weighted by Gasteiger charge is -2.35. The average molecular weight is 214 g/mol. The second-order valence-corrected chi connectivity index (χ2v) is 5.07. The summed E-state index contributed by atoms with van der Waals surface area (Å²) in [4.78, 5) is 0. The third-order valence-electron chi connectivity index (χ3n) is 3.97. The zero-order valence-electron chi connectivity index (χ0n) is 9.39. The predicted molar refractivity (Wildman–Crippen MR) is 58.2 cm³/mol. The highest BCUT2D eigenvalue weighted by atomic mass is 19.2. The monoisotopic (exact) mass is 214 g/mol. The SMILES string of the molecule is CC1CCC(C2=CCCCC2)C(F)C1F. The second kappa shape index (κ2) is 4.63. The van der Waals surface area contributed by atoms with Gasteiger partial charge in [-0.15, -0.1) is 0 Å². The molecule has 0 radical (unpaired) electrons. The molecule has 4 atom stereocenters. The molecular weight excluding hydrogens is 194 g/mol. The van der Waals surface area contributed by atoms with E-state index in [0.717, 1.165) is 32.1 Å². The minimum absolute atomic E-state index is 0.0968. The summed E-state index contributed by atoms with van der Waals surface area (Å²) in [5.74, 6) is -0.211. The van der Waals surface area contributed by atoms with E-state index >= 15 is 0 Å². The van der Waals surface area contributed by atoms with Gasteiger partial charge in [-0.1, -0.05) is 18.6 Å². The van der Waals surface area contributed by atoms with E-state index < -0.39 is 12.3 Å². The van der Waals surface area contributed by atoms with Crippen molar-refractivity contribution < 1.29 is 8.78 Å². The smallest absolute Gasteiger partial charge is 0.138 e. The Morgan fingerprint density at radius 1 is 1.13 bits per heavy atom. The molecule has 0 aromatic heterocycles. The van der Waals surface area contributed by atoms with Crippen LogP contribution >= 0.6 is 0 Å². The summed E-state index contributed by atoms with van der Waals surface area (Å²) in [6.07, 6.45) is 5.76. The van der Waals surface area contributed by atoms with Gasteiger partial charge in [-0.25, -0.2) is 8.78 Å². The Labute approximate surface area is 90.7 Å². The van der Waals surface area contributed by atoms with Crippen molar-refractivity contribution in [1.29, 1.82) is 0 Å². The van der Waals surface area contributed by atoms with E-state index in [2.05, 4.69) is 6.08 Å². The molecule has 2 rings (SSSR count). The van der Waals surface area contributed by atoms with Crippen LogP contribution in [0.4, 0.5) is 8.78 Å². The highest BCUT2D eigenvalue weighted by molar-refractivity contribution is 5.13. The molecule has 1 fully saturated rings. The van der Waals surface area contributed by atoms with Crippen LogP contribution in [-0.2, 0) is 0 Å². The first-order valence-electron chi connectivity index (χ1n) is 6.17. The number of hydrogen-bond donors (Lipinski definition) is 0. The first-order chi connectivity index (χ1) is 7.20. The highest BCUT2D eigenvalue weighted by Crippen LogP contribution is 2.40. The van der Waals surface area contributed by atoms with E-state index in [0.29, 0.717) is 0 Å². The van der Waals surface area contributed by atoms with E-state index in [-0.39, 0.29) is 11.8 Å². The molecule has 0 spiro atoms. The molecule has 1 saturated carbocycles. The Morgan fingerprint density at radius 2 is 1.93 bits per heavy atom. The molecule has 0 nitrogen and oxygen atoms in total. The van der Waals surface area contributed by atoms with Crippen molar-refractivity contribution >= 4 is 0 Å². The molecule has 0 bridgehead atoms. The third kappa shape index (κ3) is 2.24. The average Bonchev–Trinajstić information content (AvgIpc) is 2.27. The van der Waals surface area contributed by atoms with Crippen LogP contribution in [0.25, 0.3) is 0 Å². The molecule has 0 aromatic carbocycles. The van der Waals surface area contributed by atoms with Gasteiger partial charge < -0.3 is 0 Å². The topological polar surface area (TPSA) is 0 Å². The summed E-state index contributed by atoms with van der Waals surface area (Å²) in [5.41, 5.74) is 1.20. The molecule has 0 aliphatic heterocycles. The predicted octanol–water partition coefficient (Wildman–Crippen LogP) is 4.21. The van der Waals surface area contributed by atoms with Crippen LogP contribution in [0.15, 0.2) is 11.6 Å². The van der Waals surface area contributed by atoms with Gasteiger partial charge >= 0.3 is 0 Å². The Balaban J connectivity index is 2.06. The van der Waals surface area contributed by atoms with Crippen LogP contribution in [0.1, 0.15) is 45.4 Å². The van der Waals surface area contributed by atoms with E-state index in [1.807, 2.05) is 6.92 Å². The maximum Gasteiger partial charge on any atom is 0.138 e. The third-order valence-corrected chi connectivity index (χ3v) is 3.97. The molecule has 0 amide bonds. The number of halogens is 2. The number of hydrogen-bond acceptors (Lipinski definition) is 0. The van der Waals surface area contributed by atoms with Crippen LogP contribution in [0.2, 0.25) is 0 Å². The molecular formula is C13H20F2. The van der Waals surface area contributed by atoms with Crippen LogP contribution in [0, 0.1) is 11.8 Å². The van der Waals surface area contributed by atoms with Gasteiger partial charge in [-0.3, -0.25) is 0 Å². The van der Waals surface area contributed by atoms with Gasteiger partial charge in [-0.2, -0.15) is 0 Å². The highest BCUT2D eigenvalue weighted by Gasteiger charge is 2.39. The second-order valence-electron chi connectivity index (χ2n) is 5.07. The van der Waals surface area contributed by atoms with Crippen molar-refractivity contribution in [2.75, 3.05) is 0 Å². The molecule has 15 heavy (non-hydrogen) atoms. The Kier molecular flexibility index (Phi) is 3.42. The van der Waals surface area contributed by atoms with Gasteiger partial charge in [0.25, 0.3) is 0 Å². The van der Waals surface area contributed by atoms with E-state index in [1.54, 1.807) is 0 Å². The summed E-state index contributed by atoms with van der Waals surface area (Å²) in [7, 11) is 0. The first kappa shape index (κ1) is 11.1. The minimum atomic E-state index is -1.25. The van der Waals surface area contributed by atoms with Crippen LogP contribution < -0.4 is 0 Å². The first-order valence-corrected chi connectivity index (χ1v) is 6.17. The van der Waals surface area contributed by atoms with Gasteiger partial charge in [0.15, 0.2) is 0 Å². The van der Waals surface area contributed by atoms with Gasteiger partial charge in [0.1, 0.15) is 12.3 Å². The van der Waals surface area contributed by atoms with Crippen molar-refractivity contribution in [2.24, 2.45) is 11.8 Å². The van der Waals surface area contributed by atoms with E-state index in [9.17, 15) is 8.78 Å². The maximum atomic E-state index is 13.9. The standard InChI is InChI=1S/C13H20F2/c1-9-7-8-11(13(15)12(9)14)10-5-3-2-4-6-10/h5,9,11-13H,2-4,6-8H2,1H3. The van der Waals surface area contributed by atoms with E-state index in [4.69, 9.17) is 0 Å². The van der Waals surface area contributed by atoms with Crippen LogP contribution in [0.3, 0.4) is 0 Å². The molecule has 0 saturated heterocycles. The summed E-state index contributed by atoms with van der Waals surface area (Å²) in [5, 5.41) is 0. The Bertz CT molecular complexity index is 247. The fraction of sp³-hybridized carbons (Fsp3) is 0.846. The molecule has 2 aliphatic rings. The van der Waals surface area contributed by atoms with Crippen LogP contribution in [0.5, 0.6) is 0 Å². The van der Waals surface area contributed by atoms with Gasteiger partial charge in [0.2, 0.25) is 0 Å². The molecule has 2 aliphatic carbocycles. The number of alkyl halides is 2. The zero-order chi connectivity index (χ0) is 10.8. The lowest BCUT2D eigenvalue weighted by molar-refractivity contribution is 0.0412. The summed E-state index contributed by atoms with van der Waals surface area (Å²) >= 11 is 0. The van der Waals surface area contributed by atoms with Crippen molar-refractivity contribution in [1.82, 2.24) is 0 Å². The van der Waals surface area contributed by atoms with Crippen LogP contribution in [-0.4, -0.2) is 12.3 Å². The summed E-state index contributed by atoms with van der Waals surface area (Å²) in [6, 6.07) is 0. The summed E-state index contributed by atoms with van der Waals surface area (Å²) < 4.78 is 27.4. The normalized spacial score (nSPS) is 42.5. The zero-order valence-corrected chi connectivity index (χ0v) is 9.39. The number of allylic oxidation sites excluding steroid dienone is 2. The van der Waals surface area contributed by atoms with Crippen molar-refractivity contribution in [3.63, 3.8) is 0 Å². The molecule has 0 heterocycles. The summed E-state index contributed by atoms with van der Waals surface area (Å²) in [6.45, 7) is 1.82. The lowest BCUT2D eigenvalue weighted by atomic mass is 9.74.